The Labute approximate surface area is 89.6 Å². The monoisotopic (exact) mass is 210 g/mol. The highest BCUT2D eigenvalue weighted by Crippen LogP contribution is 2.28. The molecule has 1 aromatic heterocycles. The van der Waals surface area contributed by atoms with Crippen LogP contribution in [0.15, 0.2) is 4.52 Å². The lowest BCUT2D eigenvalue weighted by molar-refractivity contribution is 0.252. The van der Waals surface area contributed by atoms with Crippen LogP contribution in [0.1, 0.15) is 32.0 Å². The maximum Gasteiger partial charge on any atom is 0.223 e. The standard InChI is InChI=1S/C10H18N4O/c1-7(2)14-5-4-10(11,6-14)9-12-8(3)15-13-9/h7H,4-6,11H2,1-3H3. The Bertz CT molecular complexity index is 349. The first-order valence-corrected chi connectivity index (χ1v) is 5.35. The quantitative estimate of drug-likeness (QED) is 0.776. The topological polar surface area (TPSA) is 68.2 Å². The van der Waals surface area contributed by atoms with Crippen molar-refractivity contribution in [3.05, 3.63) is 11.7 Å². The van der Waals surface area contributed by atoms with Crippen molar-refractivity contribution in [1.29, 1.82) is 0 Å². The molecule has 0 aliphatic carbocycles. The fourth-order valence-corrected chi connectivity index (χ4v) is 1.99. The molecule has 2 N–H and O–H groups in total. The van der Waals surface area contributed by atoms with Crippen LogP contribution in [0.3, 0.4) is 0 Å². The molecule has 2 heterocycles. The summed E-state index contributed by atoms with van der Waals surface area (Å²) >= 11 is 0. The molecule has 0 aromatic carbocycles. The molecule has 0 bridgehead atoms. The minimum atomic E-state index is -0.429. The Morgan fingerprint density at radius 2 is 2.27 bits per heavy atom. The van der Waals surface area contributed by atoms with E-state index < -0.39 is 5.54 Å². The Balaban J connectivity index is 2.16. The summed E-state index contributed by atoms with van der Waals surface area (Å²) in [5.41, 5.74) is 5.87. The van der Waals surface area contributed by atoms with Crippen molar-refractivity contribution in [2.24, 2.45) is 5.73 Å². The van der Waals surface area contributed by atoms with E-state index in [-0.39, 0.29) is 0 Å². The highest BCUT2D eigenvalue weighted by molar-refractivity contribution is 5.09. The SMILES string of the molecule is Cc1nc(C2(N)CCN(C(C)C)C2)no1. The molecule has 1 saturated heterocycles. The van der Waals surface area contributed by atoms with Gasteiger partial charge in [0.2, 0.25) is 5.89 Å². The van der Waals surface area contributed by atoms with Crippen molar-refractivity contribution in [1.82, 2.24) is 15.0 Å². The number of likely N-dealkylation sites (tertiary alicyclic amines) is 1. The molecule has 0 saturated carbocycles. The van der Waals surface area contributed by atoms with Crippen molar-refractivity contribution in [3.63, 3.8) is 0 Å². The summed E-state index contributed by atoms with van der Waals surface area (Å²) in [6.45, 7) is 7.95. The number of hydrogen-bond donors (Lipinski definition) is 1. The van der Waals surface area contributed by atoms with Crippen LogP contribution in [0.4, 0.5) is 0 Å². The van der Waals surface area contributed by atoms with Gasteiger partial charge >= 0.3 is 0 Å². The molecule has 1 unspecified atom stereocenters. The van der Waals surface area contributed by atoms with Gasteiger partial charge in [-0.25, -0.2) is 0 Å². The van der Waals surface area contributed by atoms with Crippen molar-refractivity contribution < 1.29 is 4.52 Å². The Kier molecular flexibility index (Phi) is 2.52. The van der Waals surface area contributed by atoms with Crippen LogP contribution in [0.2, 0.25) is 0 Å². The minimum absolute atomic E-state index is 0.429. The van der Waals surface area contributed by atoms with Crippen LogP contribution >= 0.6 is 0 Å². The summed E-state index contributed by atoms with van der Waals surface area (Å²) in [5.74, 6) is 1.22. The van der Waals surface area contributed by atoms with Gasteiger partial charge in [-0.2, -0.15) is 4.98 Å². The van der Waals surface area contributed by atoms with Gasteiger partial charge in [-0.1, -0.05) is 5.16 Å². The second-order valence-electron chi connectivity index (χ2n) is 4.61. The zero-order valence-electron chi connectivity index (χ0n) is 9.53. The minimum Gasteiger partial charge on any atom is -0.340 e. The van der Waals surface area contributed by atoms with Crippen LogP contribution in [0.5, 0.6) is 0 Å². The van der Waals surface area contributed by atoms with Crippen LogP contribution < -0.4 is 5.73 Å². The highest BCUT2D eigenvalue weighted by atomic mass is 16.5. The Morgan fingerprint density at radius 3 is 2.73 bits per heavy atom. The molecule has 5 nitrogen and oxygen atoms in total. The third kappa shape index (κ3) is 1.89. The lowest BCUT2D eigenvalue weighted by atomic mass is 9.99. The van der Waals surface area contributed by atoms with E-state index in [1.54, 1.807) is 6.92 Å². The summed E-state index contributed by atoms with van der Waals surface area (Å²) in [5, 5.41) is 3.93. The first-order chi connectivity index (χ1) is 7.01. The fourth-order valence-electron chi connectivity index (χ4n) is 1.99. The first kappa shape index (κ1) is 10.6. The number of rotatable bonds is 2. The van der Waals surface area contributed by atoms with E-state index in [4.69, 9.17) is 10.3 Å². The normalized spacial score (nSPS) is 27.8. The summed E-state index contributed by atoms with van der Waals surface area (Å²) in [6, 6.07) is 0.517. The number of nitrogens with zero attached hydrogens (tertiary/aromatic N) is 3. The van der Waals surface area contributed by atoms with Crippen molar-refractivity contribution in [2.75, 3.05) is 13.1 Å². The number of hydrogen-bond acceptors (Lipinski definition) is 5. The van der Waals surface area contributed by atoms with E-state index in [2.05, 4.69) is 28.9 Å². The van der Waals surface area contributed by atoms with E-state index in [1.807, 2.05) is 0 Å². The average Bonchev–Trinajstić information content (AvgIpc) is 2.73. The lowest BCUT2D eigenvalue weighted by Gasteiger charge is -2.23. The van der Waals surface area contributed by atoms with E-state index in [0.29, 0.717) is 17.8 Å². The molecule has 0 radical (unpaired) electrons. The molecule has 1 aliphatic rings. The van der Waals surface area contributed by atoms with E-state index >= 15 is 0 Å². The van der Waals surface area contributed by atoms with Crippen molar-refractivity contribution >= 4 is 0 Å². The maximum absolute atomic E-state index is 6.30. The predicted octanol–water partition coefficient (Wildman–Crippen LogP) is 0.646. The van der Waals surface area contributed by atoms with Gasteiger partial charge in [0.15, 0.2) is 5.82 Å². The van der Waals surface area contributed by atoms with Crippen LogP contribution in [0, 0.1) is 6.92 Å². The molecule has 5 heteroatoms. The third-order valence-electron chi connectivity index (χ3n) is 3.03. The molecule has 0 spiro atoms. The lowest BCUT2D eigenvalue weighted by Crippen LogP contribution is -2.42. The second-order valence-corrected chi connectivity index (χ2v) is 4.61. The van der Waals surface area contributed by atoms with Crippen LogP contribution in [-0.2, 0) is 5.54 Å². The molecule has 1 atom stereocenters. The van der Waals surface area contributed by atoms with E-state index in [0.717, 1.165) is 19.5 Å². The van der Waals surface area contributed by atoms with Gasteiger partial charge in [0.1, 0.15) is 0 Å². The van der Waals surface area contributed by atoms with E-state index in [1.165, 1.54) is 0 Å². The van der Waals surface area contributed by atoms with Gasteiger partial charge in [0, 0.05) is 26.1 Å². The number of aryl methyl sites for hydroxylation is 1. The van der Waals surface area contributed by atoms with Gasteiger partial charge in [0.05, 0.1) is 5.54 Å². The predicted molar refractivity (Wildman–Crippen MR) is 56.2 cm³/mol. The average molecular weight is 210 g/mol. The van der Waals surface area contributed by atoms with E-state index in [9.17, 15) is 0 Å². The Morgan fingerprint density at radius 1 is 1.53 bits per heavy atom. The van der Waals surface area contributed by atoms with Gasteiger partial charge in [-0.15, -0.1) is 0 Å². The van der Waals surface area contributed by atoms with Crippen LogP contribution in [-0.4, -0.2) is 34.2 Å². The van der Waals surface area contributed by atoms with Crippen molar-refractivity contribution in [2.45, 2.75) is 38.8 Å². The third-order valence-corrected chi connectivity index (χ3v) is 3.03. The molecular weight excluding hydrogens is 192 g/mol. The fraction of sp³-hybridized carbons (Fsp3) is 0.800. The van der Waals surface area contributed by atoms with Crippen molar-refractivity contribution in [3.8, 4) is 0 Å². The Hall–Kier alpha value is -0.940. The molecule has 0 amide bonds. The maximum atomic E-state index is 6.30. The summed E-state index contributed by atoms with van der Waals surface area (Å²) in [7, 11) is 0. The summed E-state index contributed by atoms with van der Waals surface area (Å²) in [6.07, 6.45) is 0.893. The largest absolute Gasteiger partial charge is 0.340 e. The van der Waals surface area contributed by atoms with Gasteiger partial charge in [-0.3, -0.25) is 4.90 Å². The van der Waals surface area contributed by atoms with Gasteiger partial charge < -0.3 is 10.3 Å². The molecule has 1 aromatic rings. The zero-order valence-corrected chi connectivity index (χ0v) is 9.53. The molecule has 2 rings (SSSR count). The van der Waals surface area contributed by atoms with Gasteiger partial charge in [-0.05, 0) is 20.3 Å². The number of nitrogens with two attached hydrogens (primary N) is 1. The zero-order chi connectivity index (χ0) is 11.1. The second kappa shape index (κ2) is 3.57. The summed E-state index contributed by atoms with van der Waals surface area (Å²) < 4.78 is 4.98. The molecule has 1 aliphatic heterocycles. The molecule has 1 fully saturated rings. The van der Waals surface area contributed by atoms with Crippen LogP contribution in [0.25, 0.3) is 0 Å². The molecule has 84 valence electrons. The highest BCUT2D eigenvalue weighted by Gasteiger charge is 2.40. The number of aromatic nitrogens is 2. The summed E-state index contributed by atoms with van der Waals surface area (Å²) in [4.78, 5) is 6.57. The van der Waals surface area contributed by atoms with Gasteiger partial charge in [0.25, 0.3) is 0 Å². The smallest absolute Gasteiger partial charge is 0.223 e. The first-order valence-electron chi connectivity index (χ1n) is 5.35. The molecule has 15 heavy (non-hydrogen) atoms. The molecular formula is C10H18N4O.